The summed E-state index contributed by atoms with van der Waals surface area (Å²) < 4.78 is 3.33. The zero-order valence-electron chi connectivity index (χ0n) is 12.2. The molecule has 1 aromatic heterocycles. The van der Waals surface area contributed by atoms with E-state index < -0.39 is 0 Å². The van der Waals surface area contributed by atoms with Crippen LogP contribution in [0.15, 0.2) is 4.47 Å². The van der Waals surface area contributed by atoms with Gasteiger partial charge in [-0.1, -0.05) is 6.92 Å². The van der Waals surface area contributed by atoms with Gasteiger partial charge in [0.1, 0.15) is 0 Å². The van der Waals surface area contributed by atoms with Crippen LogP contribution in [0.4, 0.5) is 0 Å². The van der Waals surface area contributed by atoms with Crippen molar-refractivity contribution in [2.24, 2.45) is 11.7 Å². The minimum absolute atomic E-state index is 0.616. The Morgan fingerprint density at radius 3 is 2.68 bits per heavy atom. The molecule has 108 valence electrons. The van der Waals surface area contributed by atoms with Crippen LogP contribution in [-0.4, -0.2) is 33.8 Å². The molecule has 0 amide bonds. The zero-order chi connectivity index (χ0) is 14.0. The Morgan fingerprint density at radius 1 is 1.42 bits per heavy atom. The largest absolute Gasteiger partial charge is 0.330 e. The smallest absolute Gasteiger partial charge is 0.0767 e. The maximum atomic E-state index is 5.81. The fourth-order valence-electron chi connectivity index (χ4n) is 2.97. The minimum Gasteiger partial charge on any atom is -0.330 e. The Morgan fingerprint density at radius 2 is 2.16 bits per heavy atom. The van der Waals surface area contributed by atoms with E-state index in [-0.39, 0.29) is 0 Å². The summed E-state index contributed by atoms with van der Waals surface area (Å²) in [6, 6.07) is 0.616. The Labute approximate surface area is 124 Å². The van der Waals surface area contributed by atoms with Crippen molar-refractivity contribution in [3.63, 3.8) is 0 Å². The van der Waals surface area contributed by atoms with Crippen molar-refractivity contribution in [2.45, 2.75) is 52.7 Å². The van der Waals surface area contributed by atoms with Gasteiger partial charge in [0.25, 0.3) is 0 Å². The van der Waals surface area contributed by atoms with Crippen LogP contribution in [0, 0.1) is 5.92 Å². The molecular weight excluding hydrogens is 304 g/mol. The van der Waals surface area contributed by atoms with E-state index >= 15 is 0 Å². The molecule has 0 radical (unpaired) electrons. The average molecular weight is 329 g/mol. The summed E-state index contributed by atoms with van der Waals surface area (Å²) in [6.45, 7) is 10.4. The van der Waals surface area contributed by atoms with E-state index in [2.05, 4.69) is 51.4 Å². The maximum absolute atomic E-state index is 5.81. The van der Waals surface area contributed by atoms with Crippen LogP contribution in [0.3, 0.4) is 0 Å². The average Bonchev–Trinajstić information content (AvgIpc) is 2.92. The van der Waals surface area contributed by atoms with Crippen LogP contribution in [0.1, 0.15) is 38.6 Å². The number of halogens is 1. The highest BCUT2D eigenvalue weighted by molar-refractivity contribution is 9.10. The van der Waals surface area contributed by atoms with Gasteiger partial charge in [-0.25, -0.2) is 0 Å². The molecule has 0 saturated carbocycles. The number of nitrogens with zero attached hydrogens (tertiary/aromatic N) is 3. The third kappa shape index (κ3) is 3.03. The Bertz CT molecular complexity index is 429. The molecular formula is C14H25BrN4. The molecule has 1 aliphatic heterocycles. The van der Waals surface area contributed by atoms with Crippen molar-refractivity contribution < 1.29 is 0 Å². The molecule has 1 aromatic rings. The summed E-state index contributed by atoms with van der Waals surface area (Å²) in [5.41, 5.74) is 8.28. The van der Waals surface area contributed by atoms with Gasteiger partial charge in [0.2, 0.25) is 0 Å². The molecule has 2 N–H and O–H groups in total. The Balaban J connectivity index is 2.17. The van der Waals surface area contributed by atoms with Crippen LogP contribution in [0.5, 0.6) is 0 Å². The quantitative estimate of drug-likeness (QED) is 0.902. The van der Waals surface area contributed by atoms with Gasteiger partial charge in [-0.2, -0.15) is 5.10 Å². The van der Waals surface area contributed by atoms with Gasteiger partial charge < -0.3 is 5.73 Å². The van der Waals surface area contributed by atoms with Crippen LogP contribution in [0.25, 0.3) is 0 Å². The molecule has 0 spiro atoms. The first-order valence-corrected chi connectivity index (χ1v) is 8.08. The first-order valence-electron chi connectivity index (χ1n) is 7.28. The highest BCUT2D eigenvalue weighted by atomic mass is 79.9. The monoisotopic (exact) mass is 328 g/mol. The van der Waals surface area contributed by atoms with Gasteiger partial charge in [0.15, 0.2) is 0 Å². The van der Waals surface area contributed by atoms with E-state index in [1.54, 1.807) is 0 Å². The summed E-state index contributed by atoms with van der Waals surface area (Å²) in [5.74, 6) is 0.650. The van der Waals surface area contributed by atoms with Crippen LogP contribution < -0.4 is 5.73 Å². The van der Waals surface area contributed by atoms with Gasteiger partial charge in [-0.05, 0) is 55.1 Å². The summed E-state index contributed by atoms with van der Waals surface area (Å²) >= 11 is 3.73. The second-order valence-corrected chi connectivity index (χ2v) is 6.29. The van der Waals surface area contributed by atoms with Crippen molar-refractivity contribution in [2.75, 3.05) is 13.1 Å². The van der Waals surface area contributed by atoms with Crippen molar-refractivity contribution in [3.05, 3.63) is 15.9 Å². The van der Waals surface area contributed by atoms with Crippen molar-refractivity contribution >= 4 is 15.9 Å². The van der Waals surface area contributed by atoms with E-state index in [0.717, 1.165) is 32.6 Å². The number of aromatic nitrogens is 2. The van der Waals surface area contributed by atoms with E-state index in [4.69, 9.17) is 5.73 Å². The number of hydrogen-bond donors (Lipinski definition) is 1. The van der Waals surface area contributed by atoms with Crippen LogP contribution in [-0.2, 0) is 19.5 Å². The Kier molecular flexibility index (Phi) is 5.03. The standard InChI is InChI=1S/C14H25BrN4/c1-4-12-14(15)13(19(5-2)17-12)9-18-8-11(7-16)6-10(18)3/h10-11H,4-9,16H2,1-3H3. The van der Waals surface area contributed by atoms with E-state index in [1.165, 1.54) is 22.3 Å². The molecule has 2 heterocycles. The molecule has 0 aliphatic carbocycles. The second kappa shape index (κ2) is 6.37. The van der Waals surface area contributed by atoms with Gasteiger partial charge in [-0.15, -0.1) is 0 Å². The van der Waals surface area contributed by atoms with Gasteiger partial charge in [-0.3, -0.25) is 9.58 Å². The van der Waals surface area contributed by atoms with Crippen LogP contribution >= 0.6 is 15.9 Å². The van der Waals surface area contributed by atoms with Crippen molar-refractivity contribution in [1.82, 2.24) is 14.7 Å². The third-order valence-electron chi connectivity index (χ3n) is 4.17. The molecule has 2 atom stereocenters. The molecule has 1 fully saturated rings. The molecule has 5 heteroatoms. The van der Waals surface area contributed by atoms with Gasteiger partial charge in [0, 0.05) is 25.7 Å². The topological polar surface area (TPSA) is 47.1 Å². The molecule has 0 bridgehead atoms. The lowest BCUT2D eigenvalue weighted by Crippen LogP contribution is -2.28. The van der Waals surface area contributed by atoms with Gasteiger partial charge in [0.05, 0.1) is 15.9 Å². The summed E-state index contributed by atoms with van der Waals surface area (Å²) in [7, 11) is 0. The first-order chi connectivity index (χ1) is 9.10. The highest BCUT2D eigenvalue weighted by Crippen LogP contribution is 2.28. The SMILES string of the molecule is CCc1nn(CC)c(CN2CC(CN)CC2C)c1Br. The Hall–Kier alpha value is -0.390. The fraction of sp³-hybridized carbons (Fsp3) is 0.786. The number of aryl methyl sites for hydroxylation is 2. The third-order valence-corrected chi connectivity index (χ3v) is 5.09. The summed E-state index contributed by atoms with van der Waals surface area (Å²) in [5, 5.41) is 4.67. The number of hydrogen-bond acceptors (Lipinski definition) is 3. The maximum Gasteiger partial charge on any atom is 0.0767 e. The predicted molar refractivity (Wildman–Crippen MR) is 82.0 cm³/mol. The molecule has 1 aliphatic rings. The number of rotatable bonds is 5. The van der Waals surface area contributed by atoms with Crippen LogP contribution in [0.2, 0.25) is 0 Å². The lowest BCUT2D eigenvalue weighted by atomic mass is 10.1. The molecule has 2 rings (SSSR count). The van der Waals surface area contributed by atoms with Crippen molar-refractivity contribution in [3.8, 4) is 0 Å². The zero-order valence-corrected chi connectivity index (χ0v) is 13.8. The number of nitrogens with two attached hydrogens (primary N) is 1. The fourth-order valence-corrected chi connectivity index (χ4v) is 3.66. The lowest BCUT2D eigenvalue weighted by molar-refractivity contribution is 0.247. The molecule has 4 nitrogen and oxygen atoms in total. The minimum atomic E-state index is 0.616. The molecule has 2 unspecified atom stereocenters. The summed E-state index contributed by atoms with van der Waals surface area (Å²) in [4.78, 5) is 2.53. The summed E-state index contributed by atoms with van der Waals surface area (Å²) in [6.07, 6.45) is 2.19. The van der Waals surface area contributed by atoms with Crippen molar-refractivity contribution in [1.29, 1.82) is 0 Å². The van der Waals surface area contributed by atoms with E-state index in [0.29, 0.717) is 12.0 Å². The first kappa shape index (κ1) is 15.0. The molecule has 19 heavy (non-hydrogen) atoms. The predicted octanol–water partition coefficient (Wildman–Crippen LogP) is 2.40. The normalized spacial score (nSPS) is 24.3. The number of likely N-dealkylation sites (tertiary alicyclic amines) is 1. The van der Waals surface area contributed by atoms with E-state index in [1.807, 2.05) is 0 Å². The van der Waals surface area contributed by atoms with E-state index in [9.17, 15) is 0 Å². The second-order valence-electron chi connectivity index (χ2n) is 5.49. The highest BCUT2D eigenvalue weighted by Gasteiger charge is 2.29. The lowest BCUT2D eigenvalue weighted by Gasteiger charge is -2.21. The van der Waals surface area contributed by atoms with Gasteiger partial charge >= 0.3 is 0 Å². The molecule has 0 aromatic carbocycles. The molecule has 1 saturated heterocycles.